The summed E-state index contributed by atoms with van der Waals surface area (Å²) < 4.78 is 4.80. The Bertz CT molecular complexity index is 3710. The van der Waals surface area contributed by atoms with Gasteiger partial charge in [0.15, 0.2) is 17.5 Å². The molecule has 0 N–H and O–H groups in total. The van der Waals surface area contributed by atoms with Crippen molar-refractivity contribution in [2.45, 2.75) is 26.2 Å². The molecule has 0 aliphatic heterocycles. The van der Waals surface area contributed by atoms with Crippen LogP contribution in [0.4, 0.5) is 0 Å². The van der Waals surface area contributed by atoms with Gasteiger partial charge in [0.2, 0.25) is 0 Å². The molecule has 5 nitrogen and oxygen atoms in total. The third-order valence-corrected chi connectivity index (χ3v) is 13.0. The van der Waals surface area contributed by atoms with E-state index in [1.165, 1.54) is 60.5 Å². The van der Waals surface area contributed by atoms with Crippen LogP contribution >= 0.6 is 0 Å². The number of hydrogen-bond acceptors (Lipinski definition) is 3. The Morgan fingerprint density at radius 1 is 0.288 bits per heavy atom. The predicted molar refractivity (Wildman–Crippen MR) is 274 cm³/mol. The lowest BCUT2D eigenvalue weighted by Gasteiger charge is -2.19. The van der Waals surface area contributed by atoms with Crippen LogP contribution in [0, 0.1) is 0 Å². The number of hydrogen-bond donors (Lipinski definition) is 0. The van der Waals surface area contributed by atoms with Crippen LogP contribution in [0.25, 0.3) is 111 Å². The fourth-order valence-corrected chi connectivity index (χ4v) is 9.55. The van der Waals surface area contributed by atoms with E-state index in [4.69, 9.17) is 15.0 Å². The van der Waals surface area contributed by atoms with Gasteiger partial charge in [-0.15, -0.1) is 0 Å². The molecule has 0 aliphatic rings. The van der Waals surface area contributed by atoms with E-state index in [0.717, 1.165) is 39.0 Å². The molecule has 0 spiro atoms. The standard InChI is InChI=1S/C61H45N5/c1-61(2,3)47-29-33-49(34-30-47)66-54-23-12-10-21-50(54)52-35-27-45(39-57(52)66)40-25-31-48(32-26-40)65-55-24-13-11-22-51(55)53-38-44(28-36-56(53)65)43-19-14-20-46(37-43)60-63-58(41-15-6-4-7-16-41)62-59(64-60)42-17-8-5-9-18-42/h4-39H,1-3H3. The Balaban J connectivity index is 0.909. The van der Waals surface area contributed by atoms with Gasteiger partial charge in [-0.25, -0.2) is 15.0 Å². The van der Waals surface area contributed by atoms with Crippen LogP contribution in [0.1, 0.15) is 26.3 Å². The average Bonchev–Trinajstić information content (AvgIpc) is 3.89. The number of nitrogens with zero attached hydrogens (tertiary/aromatic N) is 5. The second-order valence-electron chi connectivity index (χ2n) is 18.1. The minimum absolute atomic E-state index is 0.0913. The van der Waals surface area contributed by atoms with Gasteiger partial charge in [0.05, 0.1) is 22.1 Å². The molecule has 0 saturated carbocycles. The Hall–Kier alpha value is -8.41. The first-order valence-electron chi connectivity index (χ1n) is 22.6. The van der Waals surface area contributed by atoms with E-state index >= 15 is 0 Å². The zero-order valence-corrected chi connectivity index (χ0v) is 37.0. The van der Waals surface area contributed by atoms with Crippen molar-refractivity contribution in [1.82, 2.24) is 24.1 Å². The molecule has 66 heavy (non-hydrogen) atoms. The molecule has 12 aromatic rings. The van der Waals surface area contributed by atoms with E-state index in [0.29, 0.717) is 17.5 Å². The topological polar surface area (TPSA) is 48.5 Å². The van der Waals surface area contributed by atoms with Crippen LogP contribution in [0.5, 0.6) is 0 Å². The van der Waals surface area contributed by atoms with Crippen molar-refractivity contribution in [3.05, 3.63) is 224 Å². The molecular formula is C61H45N5. The zero-order chi connectivity index (χ0) is 44.4. The molecule has 9 aromatic carbocycles. The third kappa shape index (κ3) is 6.84. The van der Waals surface area contributed by atoms with Crippen molar-refractivity contribution in [3.63, 3.8) is 0 Å². The first kappa shape index (κ1) is 39.2. The maximum Gasteiger partial charge on any atom is 0.164 e. The van der Waals surface area contributed by atoms with Gasteiger partial charge in [-0.3, -0.25) is 0 Å². The number of benzene rings is 9. The quantitative estimate of drug-likeness (QED) is 0.161. The lowest BCUT2D eigenvalue weighted by Crippen LogP contribution is -2.10. The van der Waals surface area contributed by atoms with Gasteiger partial charge in [-0.1, -0.05) is 178 Å². The molecule has 0 atom stereocenters. The molecule has 3 aromatic heterocycles. The summed E-state index contributed by atoms with van der Waals surface area (Å²) in [6, 6.07) is 78.0. The van der Waals surface area contributed by atoms with Gasteiger partial charge in [-0.2, -0.15) is 0 Å². The van der Waals surface area contributed by atoms with Gasteiger partial charge in [-0.05, 0) is 93.9 Å². The van der Waals surface area contributed by atoms with Crippen LogP contribution in [0.2, 0.25) is 0 Å². The molecule has 12 rings (SSSR count). The van der Waals surface area contributed by atoms with Gasteiger partial charge in [0.1, 0.15) is 0 Å². The van der Waals surface area contributed by atoms with Gasteiger partial charge < -0.3 is 9.13 Å². The third-order valence-electron chi connectivity index (χ3n) is 13.0. The number of fused-ring (bicyclic) bond motifs is 6. The molecule has 5 heteroatoms. The monoisotopic (exact) mass is 847 g/mol. The maximum atomic E-state index is 5.01. The van der Waals surface area contributed by atoms with Crippen molar-refractivity contribution >= 4 is 43.6 Å². The van der Waals surface area contributed by atoms with Crippen molar-refractivity contribution in [3.8, 4) is 67.8 Å². The lowest BCUT2D eigenvalue weighted by atomic mass is 9.87. The first-order chi connectivity index (χ1) is 32.3. The first-order valence-corrected chi connectivity index (χ1v) is 22.6. The predicted octanol–water partition coefficient (Wildman–Crippen LogP) is 15.7. The number of para-hydroxylation sites is 2. The van der Waals surface area contributed by atoms with Crippen LogP contribution in [-0.2, 0) is 5.41 Å². The summed E-state index contributed by atoms with van der Waals surface area (Å²) in [5, 5.41) is 4.92. The Labute approximate surface area is 384 Å². The second kappa shape index (κ2) is 15.7. The number of rotatable bonds is 7. The summed E-state index contributed by atoms with van der Waals surface area (Å²) in [5.74, 6) is 1.93. The molecule has 0 saturated heterocycles. The summed E-state index contributed by atoms with van der Waals surface area (Å²) in [6.07, 6.45) is 0. The fourth-order valence-electron chi connectivity index (χ4n) is 9.55. The van der Waals surface area contributed by atoms with Crippen LogP contribution in [0.15, 0.2) is 218 Å². The van der Waals surface area contributed by atoms with E-state index < -0.39 is 0 Å². The highest BCUT2D eigenvalue weighted by Gasteiger charge is 2.19. The second-order valence-corrected chi connectivity index (χ2v) is 18.1. The molecule has 0 aliphatic carbocycles. The van der Waals surface area contributed by atoms with Gasteiger partial charge >= 0.3 is 0 Å². The summed E-state index contributed by atoms with van der Waals surface area (Å²) >= 11 is 0. The summed E-state index contributed by atoms with van der Waals surface area (Å²) in [4.78, 5) is 14.9. The lowest BCUT2D eigenvalue weighted by molar-refractivity contribution is 0.590. The van der Waals surface area contributed by atoms with Crippen molar-refractivity contribution < 1.29 is 0 Å². The van der Waals surface area contributed by atoms with Gasteiger partial charge in [0.25, 0.3) is 0 Å². The average molecular weight is 848 g/mol. The molecule has 0 radical (unpaired) electrons. The molecule has 0 bridgehead atoms. The molecule has 3 heterocycles. The summed E-state index contributed by atoms with van der Waals surface area (Å²) in [5.41, 5.74) is 15.9. The minimum Gasteiger partial charge on any atom is -0.309 e. The highest BCUT2D eigenvalue weighted by atomic mass is 15.0. The van der Waals surface area contributed by atoms with E-state index in [1.54, 1.807) is 0 Å². The van der Waals surface area contributed by atoms with Crippen molar-refractivity contribution in [1.29, 1.82) is 0 Å². The molecule has 0 unspecified atom stereocenters. The number of aromatic nitrogens is 5. The van der Waals surface area contributed by atoms with Crippen LogP contribution in [0.3, 0.4) is 0 Å². The summed E-state index contributed by atoms with van der Waals surface area (Å²) in [6.45, 7) is 6.80. The molecule has 0 fully saturated rings. The summed E-state index contributed by atoms with van der Waals surface area (Å²) in [7, 11) is 0. The minimum atomic E-state index is 0.0913. The zero-order valence-electron chi connectivity index (χ0n) is 37.0. The van der Waals surface area contributed by atoms with E-state index in [-0.39, 0.29) is 5.41 Å². The van der Waals surface area contributed by atoms with Crippen molar-refractivity contribution in [2.24, 2.45) is 0 Å². The smallest absolute Gasteiger partial charge is 0.164 e. The Kier molecular flexibility index (Phi) is 9.32. The van der Waals surface area contributed by atoms with E-state index in [2.05, 4.69) is 188 Å². The van der Waals surface area contributed by atoms with Gasteiger partial charge in [0, 0.05) is 49.6 Å². The van der Waals surface area contributed by atoms with Crippen LogP contribution < -0.4 is 0 Å². The molecule has 0 amide bonds. The highest BCUT2D eigenvalue weighted by molar-refractivity contribution is 6.11. The van der Waals surface area contributed by atoms with Crippen LogP contribution in [-0.4, -0.2) is 24.1 Å². The Morgan fingerprint density at radius 3 is 1.33 bits per heavy atom. The molecular weight excluding hydrogens is 803 g/mol. The molecule has 314 valence electrons. The Morgan fingerprint density at radius 2 is 0.712 bits per heavy atom. The van der Waals surface area contributed by atoms with Crippen molar-refractivity contribution in [2.75, 3.05) is 0 Å². The highest BCUT2D eigenvalue weighted by Crippen LogP contribution is 2.39. The maximum absolute atomic E-state index is 5.01. The SMILES string of the molecule is CC(C)(C)c1ccc(-n2c3ccccc3c3ccc(-c4ccc(-n5c6ccccc6c6cc(-c7cccc(-c8nc(-c9ccccc9)nc(-c9ccccc9)n8)c7)ccc65)cc4)cc32)cc1. The van der Waals surface area contributed by atoms with E-state index in [1.807, 2.05) is 60.7 Å². The largest absolute Gasteiger partial charge is 0.309 e. The van der Waals surface area contributed by atoms with E-state index in [9.17, 15) is 0 Å². The normalized spacial score (nSPS) is 11.9. The fraction of sp³-hybridized carbons (Fsp3) is 0.0656.